The Bertz CT molecular complexity index is 630. The number of ketones is 1. The van der Waals surface area contributed by atoms with Gasteiger partial charge in [0.25, 0.3) is 0 Å². The number of rotatable bonds is 3. The van der Waals surface area contributed by atoms with Crippen LogP contribution >= 0.6 is 0 Å². The summed E-state index contributed by atoms with van der Waals surface area (Å²) in [7, 11) is 0. The number of benzene rings is 1. The van der Waals surface area contributed by atoms with Crippen LogP contribution in [0.4, 0.5) is 0 Å². The second-order valence-corrected chi connectivity index (χ2v) is 5.83. The highest BCUT2D eigenvalue weighted by molar-refractivity contribution is 6.08. The molecule has 0 amide bonds. The number of furan rings is 1. The first-order chi connectivity index (χ1) is 9.31. The smallest absolute Gasteiger partial charge is 0.180 e. The van der Waals surface area contributed by atoms with Crippen LogP contribution in [0.1, 0.15) is 29.6 Å². The number of carbonyl (C=O) groups excluding carboxylic acids is 1. The summed E-state index contributed by atoms with van der Waals surface area (Å²) in [6, 6.07) is 8.39. The van der Waals surface area contributed by atoms with Crippen LogP contribution in [0.15, 0.2) is 34.9 Å². The second kappa shape index (κ2) is 4.20. The molecule has 2 atom stereocenters. The molecule has 1 saturated heterocycles. The van der Waals surface area contributed by atoms with Crippen molar-refractivity contribution in [3.8, 4) is 0 Å². The lowest BCUT2D eigenvalue weighted by atomic mass is 10.1. The molecule has 1 aliphatic heterocycles. The van der Waals surface area contributed by atoms with Gasteiger partial charge in [0.2, 0.25) is 0 Å². The van der Waals surface area contributed by atoms with Crippen molar-refractivity contribution in [3.63, 3.8) is 0 Å². The lowest BCUT2D eigenvalue weighted by Gasteiger charge is -2.25. The Morgan fingerprint density at radius 1 is 1.32 bits per heavy atom. The summed E-state index contributed by atoms with van der Waals surface area (Å²) in [5.41, 5.74) is 1.53. The first-order valence-electron chi connectivity index (χ1n) is 7.05. The van der Waals surface area contributed by atoms with Gasteiger partial charge in [-0.15, -0.1) is 0 Å². The van der Waals surface area contributed by atoms with E-state index >= 15 is 0 Å². The molecule has 2 bridgehead atoms. The van der Waals surface area contributed by atoms with Crippen LogP contribution in [-0.4, -0.2) is 29.8 Å². The van der Waals surface area contributed by atoms with Crippen molar-refractivity contribution in [2.45, 2.75) is 25.3 Å². The summed E-state index contributed by atoms with van der Waals surface area (Å²) in [5.74, 6) is 1.02. The van der Waals surface area contributed by atoms with E-state index in [2.05, 4.69) is 4.90 Å². The quantitative estimate of drug-likeness (QED) is 0.790. The molecule has 2 aromatic rings. The van der Waals surface area contributed by atoms with Crippen molar-refractivity contribution in [3.05, 3.63) is 36.1 Å². The molecule has 1 aliphatic carbocycles. The molecule has 1 aromatic heterocycles. The molecule has 1 aromatic carbocycles. The Hall–Kier alpha value is -1.61. The molecule has 3 heteroatoms. The van der Waals surface area contributed by atoms with E-state index in [-0.39, 0.29) is 5.78 Å². The standard InChI is InChI=1S/C16H17NO2/c18-15(9-17-8-11-5-6-12(17)7-11)14-10-19-16-4-2-1-3-13(14)16/h1-4,10-12H,5-9H2. The van der Waals surface area contributed by atoms with Gasteiger partial charge in [-0.05, 0) is 31.2 Å². The van der Waals surface area contributed by atoms with Gasteiger partial charge < -0.3 is 4.42 Å². The molecule has 2 heterocycles. The topological polar surface area (TPSA) is 33.5 Å². The van der Waals surface area contributed by atoms with E-state index < -0.39 is 0 Å². The number of hydrogen-bond donors (Lipinski definition) is 0. The summed E-state index contributed by atoms with van der Waals surface area (Å²) in [6.45, 7) is 1.65. The highest BCUT2D eigenvalue weighted by Crippen LogP contribution is 2.37. The fourth-order valence-corrected chi connectivity index (χ4v) is 3.68. The van der Waals surface area contributed by atoms with Gasteiger partial charge in [-0.1, -0.05) is 18.2 Å². The first-order valence-corrected chi connectivity index (χ1v) is 7.05. The van der Waals surface area contributed by atoms with Gasteiger partial charge >= 0.3 is 0 Å². The lowest BCUT2D eigenvalue weighted by molar-refractivity contribution is 0.0906. The van der Waals surface area contributed by atoms with E-state index in [0.29, 0.717) is 12.6 Å². The lowest BCUT2D eigenvalue weighted by Crippen LogP contribution is -2.36. The number of carbonyl (C=O) groups is 1. The van der Waals surface area contributed by atoms with Crippen molar-refractivity contribution >= 4 is 16.8 Å². The molecule has 19 heavy (non-hydrogen) atoms. The fraction of sp³-hybridized carbons (Fsp3) is 0.438. The van der Waals surface area contributed by atoms with Crippen LogP contribution in [0.5, 0.6) is 0 Å². The molecule has 0 radical (unpaired) electrons. The van der Waals surface area contributed by atoms with Crippen LogP contribution in [0.3, 0.4) is 0 Å². The summed E-state index contributed by atoms with van der Waals surface area (Å²) < 4.78 is 5.46. The Kier molecular flexibility index (Phi) is 2.49. The molecule has 4 rings (SSSR count). The molecule has 0 N–H and O–H groups in total. The van der Waals surface area contributed by atoms with E-state index in [1.54, 1.807) is 6.26 Å². The molecule has 0 spiro atoms. The van der Waals surface area contributed by atoms with Gasteiger partial charge in [0, 0.05) is 18.0 Å². The molecule has 2 fully saturated rings. The van der Waals surface area contributed by atoms with Gasteiger partial charge in [0.05, 0.1) is 12.1 Å². The summed E-state index contributed by atoms with van der Waals surface area (Å²) >= 11 is 0. The predicted molar refractivity (Wildman–Crippen MR) is 73.2 cm³/mol. The van der Waals surface area contributed by atoms with Crippen LogP contribution in [0.25, 0.3) is 11.0 Å². The Morgan fingerprint density at radius 3 is 3.00 bits per heavy atom. The third-order valence-electron chi connectivity index (χ3n) is 4.65. The van der Waals surface area contributed by atoms with Crippen molar-refractivity contribution in [1.29, 1.82) is 0 Å². The number of piperidine rings is 1. The normalized spacial score (nSPS) is 26.3. The summed E-state index contributed by atoms with van der Waals surface area (Å²) in [6.07, 6.45) is 5.52. The number of nitrogens with zero attached hydrogens (tertiary/aromatic N) is 1. The average Bonchev–Trinajstić information content (AvgIpc) is 3.13. The molecule has 2 unspecified atom stereocenters. The van der Waals surface area contributed by atoms with Crippen LogP contribution < -0.4 is 0 Å². The third-order valence-corrected chi connectivity index (χ3v) is 4.65. The molecular weight excluding hydrogens is 238 g/mol. The van der Waals surface area contributed by atoms with Crippen LogP contribution in [0, 0.1) is 5.92 Å². The fourth-order valence-electron chi connectivity index (χ4n) is 3.68. The highest BCUT2D eigenvalue weighted by atomic mass is 16.3. The van der Waals surface area contributed by atoms with Gasteiger partial charge in [-0.2, -0.15) is 0 Å². The molecule has 2 aliphatic rings. The van der Waals surface area contributed by atoms with Crippen molar-refractivity contribution in [2.75, 3.05) is 13.1 Å². The maximum atomic E-state index is 12.5. The minimum Gasteiger partial charge on any atom is -0.464 e. The van der Waals surface area contributed by atoms with Gasteiger partial charge in [-0.3, -0.25) is 9.69 Å². The Morgan fingerprint density at radius 2 is 2.21 bits per heavy atom. The van der Waals surface area contributed by atoms with E-state index in [0.717, 1.165) is 29.0 Å². The monoisotopic (exact) mass is 255 g/mol. The van der Waals surface area contributed by atoms with Crippen LogP contribution in [-0.2, 0) is 0 Å². The zero-order chi connectivity index (χ0) is 12.8. The molecule has 98 valence electrons. The van der Waals surface area contributed by atoms with Crippen LogP contribution in [0.2, 0.25) is 0 Å². The summed E-state index contributed by atoms with van der Waals surface area (Å²) in [5, 5.41) is 0.942. The third kappa shape index (κ3) is 1.80. The number of likely N-dealkylation sites (tertiary alicyclic amines) is 1. The maximum absolute atomic E-state index is 12.5. The zero-order valence-electron chi connectivity index (χ0n) is 10.8. The van der Waals surface area contributed by atoms with Gasteiger partial charge in [0.1, 0.15) is 11.8 Å². The van der Waals surface area contributed by atoms with E-state index in [9.17, 15) is 4.79 Å². The summed E-state index contributed by atoms with van der Waals surface area (Å²) in [4.78, 5) is 14.8. The van der Waals surface area contributed by atoms with E-state index in [1.807, 2.05) is 24.3 Å². The van der Waals surface area contributed by atoms with Crippen molar-refractivity contribution in [1.82, 2.24) is 4.90 Å². The minimum absolute atomic E-state index is 0.192. The van der Waals surface area contributed by atoms with E-state index in [1.165, 1.54) is 19.3 Å². The van der Waals surface area contributed by atoms with E-state index in [4.69, 9.17) is 4.42 Å². The SMILES string of the molecule is O=C(CN1CC2CCC1C2)c1coc2ccccc12. The Labute approximate surface area is 112 Å². The average molecular weight is 255 g/mol. The van der Waals surface area contributed by atoms with Gasteiger partial charge in [-0.25, -0.2) is 0 Å². The van der Waals surface area contributed by atoms with Crippen molar-refractivity contribution in [2.24, 2.45) is 5.92 Å². The molecule has 3 nitrogen and oxygen atoms in total. The predicted octanol–water partition coefficient (Wildman–Crippen LogP) is 3.10. The van der Waals surface area contributed by atoms with Gasteiger partial charge in [0.15, 0.2) is 5.78 Å². The second-order valence-electron chi connectivity index (χ2n) is 5.83. The minimum atomic E-state index is 0.192. The molecular formula is C16H17NO2. The Balaban J connectivity index is 1.57. The highest BCUT2D eigenvalue weighted by Gasteiger charge is 2.38. The number of Topliss-reactive ketones (excluding diaryl/α,β-unsaturated/α-hetero) is 1. The van der Waals surface area contributed by atoms with Crippen molar-refractivity contribution < 1.29 is 9.21 Å². The zero-order valence-corrected chi connectivity index (χ0v) is 10.8. The number of fused-ring (bicyclic) bond motifs is 3. The molecule has 1 saturated carbocycles. The number of hydrogen-bond acceptors (Lipinski definition) is 3. The first kappa shape index (κ1) is 11.2. The maximum Gasteiger partial charge on any atom is 0.180 e. The number of para-hydroxylation sites is 1. The largest absolute Gasteiger partial charge is 0.464 e.